The van der Waals surface area contributed by atoms with Crippen LogP contribution in [0, 0.1) is 11.3 Å². The zero-order chi connectivity index (χ0) is 32.0. The second kappa shape index (κ2) is 16.8. The van der Waals surface area contributed by atoms with E-state index >= 15 is 0 Å². The second-order valence-corrected chi connectivity index (χ2v) is 10.5. The molecule has 232 valence electrons. The largest absolute Gasteiger partial charge is 0.494 e. The molecule has 0 aliphatic rings. The van der Waals surface area contributed by atoms with Crippen LogP contribution < -0.4 is 29.0 Å². The Balaban J connectivity index is 1.48. The molecule has 0 aromatic heterocycles. The van der Waals surface area contributed by atoms with E-state index in [4.69, 9.17) is 23.7 Å². The van der Waals surface area contributed by atoms with Gasteiger partial charge < -0.3 is 29.0 Å². The van der Waals surface area contributed by atoms with Crippen LogP contribution in [0.1, 0.15) is 37.5 Å². The van der Waals surface area contributed by atoms with Crippen molar-refractivity contribution in [1.29, 1.82) is 5.26 Å². The molecule has 0 saturated carbocycles. The van der Waals surface area contributed by atoms with E-state index in [9.17, 15) is 10.1 Å². The van der Waals surface area contributed by atoms with Crippen molar-refractivity contribution in [3.05, 3.63) is 112 Å². The molecule has 1 amide bonds. The first kappa shape index (κ1) is 33.0. The zero-order valence-electron chi connectivity index (χ0n) is 25.5. The number of nitrogens with one attached hydrogen (secondary N) is 1. The lowest BCUT2D eigenvalue weighted by atomic mass is 10.1. The number of benzene rings is 4. The van der Waals surface area contributed by atoms with Crippen molar-refractivity contribution in [2.45, 2.75) is 34.0 Å². The molecule has 0 saturated heterocycles. The van der Waals surface area contributed by atoms with Gasteiger partial charge in [0.25, 0.3) is 5.91 Å². The van der Waals surface area contributed by atoms with Crippen LogP contribution in [0.5, 0.6) is 28.7 Å². The van der Waals surface area contributed by atoms with E-state index in [-0.39, 0.29) is 12.2 Å². The highest BCUT2D eigenvalue weighted by Crippen LogP contribution is 2.39. The Kier molecular flexibility index (Phi) is 12.3. The highest BCUT2D eigenvalue weighted by Gasteiger charge is 2.16. The number of amides is 1. The molecule has 0 atom stereocenters. The first-order valence-corrected chi connectivity index (χ1v) is 15.4. The molecule has 45 heavy (non-hydrogen) atoms. The fraction of sp³-hybridized carbons (Fsp3) is 0.222. The first-order chi connectivity index (χ1) is 21.9. The van der Waals surface area contributed by atoms with Crippen molar-refractivity contribution in [3.63, 3.8) is 0 Å². The highest BCUT2D eigenvalue weighted by molar-refractivity contribution is 9.10. The van der Waals surface area contributed by atoms with Gasteiger partial charge >= 0.3 is 0 Å². The summed E-state index contributed by atoms with van der Waals surface area (Å²) in [6.45, 7) is 7.78. The third kappa shape index (κ3) is 9.52. The van der Waals surface area contributed by atoms with Gasteiger partial charge in [0, 0.05) is 5.69 Å². The minimum absolute atomic E-state index is 0.0649. The number of halogens is 1. The smallest absolute Gasteiger partial charge is 0.266 e. The number of anilines is 1. The molecule has 0 aliphatic heterocycles. The standard InChI is InChI=1S/C36H35BrN2O6/c1-4-41-30-15-13-29(14-16-30)39-36(40)28(22-38)18-27-19-31(37)35(34(21-27)43-6-3)45-24-26-12-17-32(33(20-26)42-5-2)44-23-25-10-8-7-9-11-25/h7-21H,4-6,23-24H2,1-3H3,(H,39,40)/b28-18+. The summed E-state index contributed by atoms with van der Waals surface area (Å²) >= 11 is 3.58. The molecule has 0 spiro atoms. The molecule has 4 aromatic carbocycles. The van der Waals surface area contributed by atoms with Crippen molar-refractivity contribution in [1.82, 2.24) is 0 Å². The zero-order valence-corrected chi connectivity index (χ0v) is 27.1. The van der Waals surface area contributed by atoms with Crippen molar-refractivity contribution in [2.24, 2.45) is 0 Å². The number of carbonyl (C=O) groups excluding carboxylic acids is 1. The summed E-state index contributed by atoms with van der Waals surface area (Å²) in [4.78, 5) is 12.9. The van der Waals surface area contributed by atoms with Gasteiger partial charge in [0.2, 0.25) is 0 Å². The molecule has 0 heterocycles. The average molecular weight is 672 g/mol. The molecular weight excluding hydrogens is 636 g/mol. The monoisotopic (exact) mass is 670 g/mol. The van der Waals surface area contributed by atoms with Crippen LogP contribution >= 0.6 is 15.9 Å². The number of hydrogen-bond donors (Lipinski definition) is 1. The Morgan fingerprint density at radius 3 is 2.13 bits per heavy atom. The van der Waals surface area contributed by atoms with Crippen molar-refractivity contribution < 1.29 is 28.5 Å². The van der Waals surface area contributed by atoms with Gasteiger partial charge in [-0.2, -0.15) is 5.26 Å². The Labute approximate surface area is 272 Å². The van der Waals surface area contributed by atoms with E-state index < -0.39 is 5.91 Å². The minimum atomic E-state index is -0.530. The maximum Gasteiger partial charge on any atom is 0.266 e. The third-order valence-corrected chi connectivity index (χ3v) is 6.95. The van der Waals surface area contributed by atoms with E-state index in [0.717, 1.165) is 11.1 Å². The van der Waals surface area contributed by atoms with Crippen LogP contribution in [0.25, 0.3) is 6.08 Å². The Morgan fingerprint density at radius 1 is 0.756 bits per heavy atom. The Bertz CT molecular complexity index is 1650. The van der Waals surface area contributed by atoms with Crippen molar-refractivity contribution >= 4 is 33.6 Å². The molecule has 0 unspecified atom stereocenters. The molecule has 0 aliphatic carbocycles. The van der Waals surface area contributed by atoms with Crippen LogP contribution in [0.4, 0.5) is 5.69 Å². The van der Waals surface area contributed by atoms with Crippen molar-refractivity contribution in [3.8, 4) is 34.8 Å². The number of nitriles is 1. The fourth-order valence-electron chi connectivity index (χ4n) is 4.31. The predicted molar refractivity (Wildman–Crippen MR) is 178 cm³/mol. The average Bonchev–Trinajstić information content (AvgIpc) is 3.04. The molecule has 0 radical (unpaired) electrons. The van der Waals surface area contributed by atoms with Crippen LogP contribution in [0.3, 0.4) is 0 Å². The maximum atomic E-state index is 12.9. The summed E-state index contributed by atoms with van der Waals surface area (Å²) in [6.07, 6.45) is 1.50. The topological polar surface area (TPSA) is 99.0 Å². The Morgan fingerprint density at radius 2 is 1.44 bits per heavy atom. The van der Waals surface area contributed by atoms with Crippen LogP contribution in [0.2, 0.25) is 0 Å². The lowest BCUT2D eigenvalue weighted by molar-refractivity contribution is -0.112. The van der Waals surface area contributed by atoms with E-state index in [0.29, 0.717) is 70.9 Å². The minimum Gasteiger partial charge on any atom is -0.494 e. The van der Waals surface area contributed by atoms with Crippen LogP contribution in [-0.2, 0) is 18.0 Å². The molecule has 1 N–H and O–H groups in total. The summed E-state index contributed by atoms with van der Waals surface area (Å²) < 4.78 is 30.0. The van der Waals surface area contributed by atoms with Gasteiger partial charge in [-0.1, -0.05) is 36.4 Å². The lowest BCUT2D eigenvalue weighted by Gasteiger charge is -2.16. The van der Waals surface area contributed by atoms with Crippen molar-refractivity contribution in [2.75, 3.05) is 25.1 Å². The summed E-state index contributed by atoms with van der Waals surface area (Å²) in [5, 5.41) is 12.5. The first-order valence-electron chi connectivity index (χ1n) is 14.6. The number of rotatable bonds is 15. The molecule has 8 nitrogen and oxygen atoms in total. The van der Waals surface area contributed by atoms with Gasteiger partial charge in [0.15, 0.2) is 23.0 Å². The lowest BCUT2D eigenvalue weighted by Crippen LogP contribution is -2.13. The number of carbonyl (C=O) groups is 1. The molecule has 0 fully saturated rings. The summed E-state index contributed by atoms with van der Waals surface area (Å²) in [5.74, 6) is 2.41. The maximum absolute atomic E-state index is 12.9. The van der Waals surface area contributed by atoms with Crippen LogP contribution in [0.15, 0.2) is 95.0 Å². The molecule has 4 rings (SSSR count). The van der Waals surface area contributed by atoms with E-state index in [2.05, 4.69) is 21.2 Å². The number of hydrogen-bond acceptors (Lipinski definition) is 7. The van der Waals surface area contributed by atoms with E-state index in [1.807, 2.05) is 75.4 Å². The molecule has 0 bridgehead atoms. The van der Waals surface area contributed by atoms with Gasteiger partial charge in [-0.3, -0.25) is 4.79 Å². The summed E-state index contributed by atoms with van der Waals surface area (Å²) in [6, 6.07) is 28.1. The van der Waals surface area contributed by atoms with Gasteiger partial charge in [-0.15, -0.1) is 0 Å². The molecular formula is C36H35BrN2O6. The normalized spacial score (nSPS) is 10.9. The summed E-state index contributed by atoms with van der Waals surface area (Å²) in [5.41, 5.74) is 3.02. The van der Waals surface area contributed by atoms with Crippen LogP contribution in [-0.4, -0.2) is 25.7 Å². The quantitative estimate of drug-likeness (QED) is 0.100. The molecule has 4 aromatic rings. The summed E-state index contributed by atoms with van der Waals surface area (Å²) in [7, 11) is 0. The van der Waals surface area contributed by atoms with Gasteiger partial charge in [0.1, 0.15) is 30.6 Å². The molecule has 9 heteroatoms. The second-order valence-electron chi connectivity index (χ2n) is 9.62. The Hall–Kier alpha value is -4.94. The SMILES string of the molecule is CCOc1ccc(NC(=O)/C(C#N)=C/c2cc(Br)c(OCc3ccc(OCc4ccccc4)c(OCC)c3)c(OCC)c2)cc1. The van der Waals surface area contributed by atoms with Gasteiger partial charge in [-0.25, -0.2) is 0 Å². The van der Waals surface area contributed by atoms with Gasteiger partial charge in [-0.05, 0) is 108 Å². The van der Waals surface area contributed by atoms with Gasteiger partial charge in [0.05, 0.1) is 24.3 Å². The number of nitrogens with zero attached hydrogens (tertiary/aromatic N) is 1. The van der Waals surface area contributed by atoms with E-state index in [1.54, 1.807) is 36.4 Å². The number of ether oxygens (including phenoxy) is 5. The predicted octanol–water partition coefficient (Wildman–Crippen LogP) is 8.35. The fourth-order valence-corrected chi connectivity index (χ4v) is 4.88. The van der Waals surface area contributed by atoms with E-state index in [1.165, 1.54) is 6.08 Å². The highest BCUT2D eigenvalue weighted by atomic mass is 79.9. The third-order valence-electron chi connectivity index (χ3n) is 6.36.